The van der Waals surface area contributed by atoms with Crippen LogP contribution in [0.3, 0.4) is 0 Å². The highest BCUT2D eigenvalue weighted by Crippen LogP contribution is 2.26. The van der Waals surface area contributed by atoms with E-state index in [1.165, 1.54) is 17.3 Å². The van der Waals surface area contributed by atoms with Gasteiger partial charge in [-0.25, -0.2) is 0 Å². The maximum atomic E-state index is 12.9. The second-order valence-corrected chi connectivity index (χ2v) is 6.94. The molecule has 0 aliphatic carbocycles. The minimum atomic E-state index is -4.73. The molecule has 0 unspecified atom stereocenters. The van der Waals surface area contributed by atoms with Crippen LogP contribution >= 0.6 is 0 Å². The molecule has 0 saturated carbocycles. The summed E-state index contributed by atoms with van der Waals surface area (Å²) in [5.41, 5.74) is -0.00453. The number of nitrogens with zero attached hydrogens (tertiary/aromatic N) is 3. The number of halogens is 3. The summed E-state index contributed by atoms with van der Waals surface area (Å²) < 4.78 is 39.4. The third kappa shape index (κ3) is 4.62. The van der Waals surface area contributed by atoms with Gasteiger partial charge in [0.1, 0.15) is 12.1 Å². The molecule has 0 N–H and O–H groups in total. The van der Waals surface area contributed by atoms with E-state index in [9.17, 15) is 22.8 Å². The Balaban J connectivity index is 1.59. The van der Waals surface area contributed by atoms with E-state index in [0.29, 0.717) is 26.2 Å². The molecule has 1 aromatic carbocycles. The maximum absolute atomic E-state index is 12.9. The van der Waals surface area contributed by atoms with Crippen LogP contribution in [0.25, 0.3) is 0 Å². The van der Waals surface area contributed by atoms with Crippen LogP contribution in [0.5, 0.6) is 0 Å². The highest BCUT2D eigenvalue weighted by molar-refractivity contribution is 5.76. The molecule has 28 heavy (non-hydrogen) atoms. The Morgan fingerprint density at radius 2 is 1.71 bits per heavy atom. The van der Waals surface area contributed by atoms with Crippen molar-refractivity contribution in [1.29, 1.82) is 0 Å². The van der Waals surface area contributed by atoms with Crippen molar-refractivity contribution in [2.45, 2.75) is 26.2 Å². The van der Waals surface area contributed by atoms with Crippen LogP contribution in [-0.2, 0) is 24.1 Å². The lowest BCUT2D eigenvalue weighted by Crippen LogP contribution is -2.49. The van der Waals surface area contributed by atoms with Gasteiger partial charge < -0.3 is 9.47 Å². The van der Waals surface area contributed by atoms with E-state index in [-0.39, 0.29) is 12.5 Å². The first-order chi connectivity index (χ1) is 13.3. The highest BCUT2D eigenvalue weighted by Gasteiger charge is 2.34. The minimum absolute atomic E-state index is 0.350. The van der Waals surface area contributed by atoms with Gasteiger partial charge in [-0.15, -0.1) is 0 Å². The summed E-state index contributed by atoms with van der Waals surface area (Å²) in [7, 11) is 0. The topological polar surface area (TPSA) is 45.5 Å². The van der Waals surface area contributed by atoms with Gasteiger partial charge in [-0.2, -0.15) is 13.2 Å². The number of hydrogen-bond acceptors (Lipinski definition) is 3. The Hall–Kier alpha value is -2.61. The number of carbonyl (C=O) groups excluding carboxylic acids is 1. The number of pyridine rings is 1. The van der Waals surface area contributed by atoms with Crippen LogP contribution in [0.15, 0.2) is 47.4 Å². The van der Waals surface area contributed by atoms with Gasteiger partial charge in [0.05, 0.1) is 0 Å². The van der Waals surface area contributed by atoms with Crippen molar-refractivity contribution in [1.82, 2.24) is 14.4 Å². The van der Waals surface area contributed by atoms with Gasteiger partial charge in [-0.1, -0.05) is 24.3 Å². The van der Waals surface area contributed by atoms with Crippen LogP contribution < -0.4 is 5.56 Å². The smallest absolute Gasteiger partial charge is 0.339 e. The normalized spacial score (nSPS) is 15.6. The van der Waals surface area contributed by atoms with Crippen LogP contribution in [0.1, 0.15) is 16.7 Å². The molecule has 0 radical (unpaired) electrons. The Morgan fingerprint density at radius 1 is 1.04 bits per heavy atom. The van der Waals surface area contributed by atoms with Crippen LogP contribution in [0.4, 0.5) is 13.2 Å². The average Bonchev–Trinajstić information content (AvgIpc) is 2.65. The van der Waals surface area contributed by atoms with Gasteiger partial charge >= 0.3 is 6.18 Å². The van der Waals surface area contributed by atoms with Gasteiger partial charge in [0.25, 0.3) is 5.56 Å². The molecule has 1 aromatic heterocycles. The molecule has 1 fully saturated rings. The molecule has 1 amide bonds. The fraction of sp³-hybridized carbons (Fsp3) is 0.400. The number of aromatic nitrogens is 1. The predicted octanol–water partition coefficient (Wildman–Crippen LogP) is 2.52. The number of amides is 1. The Labute approximate surface area is 161 Å². The van der Waals surface area contributed by atoms with E-state index in [2.05, 4.69) is 24.0 Å². The quantitative estimate of drug-likeness (QED) is 0.802. The van der Waals surface area contributed by atoms with Crippen molar-refractivity contribution in [3.63, 3.8) is 0 Å². The number of rotatable bonds is 4. The van der Waals surface area contributed by atoms with Crippen LogP contribution in [0, 0.1) is 6.92 Å². The molecule has 2 aromatic rings. The number of benzene rings is 1. The molecule has 3 rings (SSSR count). The molecule has 150 valence electrons. The van der Waals surface area contributed by atoms with Crippen molar-refractivity contribution in [3.05, 3.63) is 69.6 Å². The number of hydrogen-bond donors (Lipinski definition) is 0. The van der Waals surface area contributed by atoms with Gasteiger partial charge in [-0.3, -0.25) is 14.5 Å². The minimum Gasteiger partial charge on any atom is -0.339 e. The Morgan fingerprint density at radius 3 is 2.36 bits per heavy atom. The Bertz CT molecular complexity index is 900. The molecule has 2 heterocycles. The van der Waals surface area contributed by atoms with Gasteiger partial charge in [-0.05, 0) is 30.2 Å². The molecule has 0 atom stereocenters. The van der Waals surface area contributed by atoms with Crippen LogP contribution in [0.2, 0.25) is 0 Å². The summed E-state index contributed by atoms with van der Waals surface area (Å²) in [4.78, 5) is 28.3. The lowest BCUT2D eigenvalue weighted by atomic mass is 10.1. The van der Waals surface area contributed by atoms with Crippen molar-refractivity contribution >= 4 is 5.91 Å². The molecule has 0 spiro atoms. The largest absolute Gasteiger partial charge is 0.421 e. The molecule has 1 aliphatic heterocycles. The first-order valence-electron chi connectivity index (χ1n) is 9.07. The van der Waals surface area contributed by atoms with Gasteiger partial charge in [0.2, 0.25) is 5.91 Å². The number of aryl methyl sites for hydroxylation is 1. The molecule has 5 nitrogen and oxygen atoms in total. The number of piperazine rings is 1. The second kappa shape index (κ2) is 8.18. The van der Waals surface area contributed by atoms with Crippen molar-refractivity contribution in [3.8, 4) is 0 Å². The zero-order valence-electron chi connectivity index (χ0n) is 15.6. The highest BCUT2D eigenvalue weighted by atomic mass is 19.4. The summed E-state index contributed by atoms with van der Waals surface area (Å²) in [5, 5.41) is 0. The number of carbonyl (C=O) groups is 1. The standard InChI is InChI=1S/C20H22F3N3O2/c1-15-5-2-3-6-16(15)13-24-9-11-25(12-10-24)18(27)14-26-8-4-7-17(19(26)28)20(21,22)23/h2-8H,9-14H2,1H3. The summed E-state index contributed by atoms with van der Waals surface area (Å²) in [6, 6.07) is 9.99. The maximum Gasteiger partial charge on any atom is 0.421 e. The first kappa shape index (κ1) is 20.1. The van der Waals surface area contributed by atoms with E-state index in [4.69, 9.17) is 0 Å². The number of alkyl halides is 3. The summed E-state index contributed by atoms with van der Waals surface area (Å²) >= 11 is 0. The fourth-order valence-corrected chi connectivity index (χ4v) is 3.31. The van der Waals surface area contributed by atoms with Crippen molar-refractivity contribution < 1.29 is 18.0 Å². The SMILES string of the molecule is Cc1ccccc1CN1CCN(C(=O)Cn2cccc(C(F)(F)F)c2=O)CC1. The molecule has 1 aliphatic rings. The predicted molar refractivity (Wildman–Crippen MR) is 98.7 cm³/mol. The average molecular weight is 393 g/mol. The summed E-state index contributed by atoms with van der Waals surface area (Å²) in [6.45, 7) is 4.79. The van der Waals surface area contributed by atoms with E-state index < -0.39 is 17.3 Å². The zero-order valence-corrected chi connectivity index (χ0v) is 15.6. The van der Waals surface area contributed by atoms with Crippen molar-refractivity contribution in [2.24, 2.45) is 0 Å². The third-order valence-corrected chi connectivity index (χ3v) is 5.01. The van der Waals surface area contributed by atoms with E-state index >= 15 is 0 Å². The molecular weight excluding hydrogens is 371 g/mol. The van der Waals surface area contributed by atoms with E-state index in [0.717, 1.165) is 23.2 Å². The van der Waals surface area contributed by atoms with Gasteiger partial charge in [0.15, 0.2) is 0 Å². The fourth-order valence-electron chi connectivity index (χ4n) is 3.31. The molecule has 0 bridgehead atoms. The molecule has 8 heteroatoms. The molecule has 1 saturated heterocycles. The van der Waals surface area contributed by atoms with Crippen LogP contribution in [-0.4, -0.2) is 46.5 Å². The molecular formula is C20H22F3N3O2. The monoisotopic (exact) mass is 393 g/mol. The van der Waals surface area contributed by atoms with E-state index in [1.54, 1.807) is 4.90 Å². The van der Waals surface area contributed by atoms with E-state index in [1.807, 2.05) is 12.1 Å². The zero-order chi connectivity index (χ0) is 20.3. The van der Waals surface area contributed by atoms with Gasteiger partial charge in [0, 0.05) is 38.9 Å². The lowest BCUT2D eigenvalue weighted by molar-refractivity contribution is -0.140. The third-order valence-electron chi connectivity index (χ3n) is 5.01. The first-order valence-corrected chi connectivity index (χ1v) is 9.07. The summed E-state index contributed by atoms with van der Waals surface area (Å²) in [6.07, 6.45) is -3.52. The Kier molecular flexibility index (Phi) is 5.88. The van der Waals surface area contributed by atoms with Crippen molar-refractivity contribution in [2.75, 3.05) is 26.2 Å². The second-order valence-electron chi connectivity index (χ2n) is 6.94. The lowest BCUT2D eigenvalue weighted by Gasteiger charge is -2.35. The summed E-state index contributed by atoms with van der Waals surface area (Å²) in [5.74, 6) is -0.350.